The van der Waals surface area contributed by atoms with Crippen molar-refractivity contribution >= 4 is 5.78 Å². The molecule has 10 aliphatic heterocycles. The maximum absolute atomic E-state index is 14.1. The summed E-state index contributed by atoms with van der Waals surface area (Å²) in [5.41, 5.74) is 2.22. The molecule has 53 heavy (non-hydrogen) atoms. The van der Waals surface area contributed by atoms with Crippen LogP contribution >= 0.6 is 0 Å². The van der Waals surface area contributed by atoms with E-state index in [-0.39, 0.29) is 109 Å². The van der Waals surface area contributed by atoms with Gasteiger partial charge >= 0.3 is 0 Å². The monoisotopic (exact) mass is 743 g/mol. The van der Waals surface area contributed by atoms with Crippen molar-refractivity contribution in [2.24, 2.45) is 11.8 Å². The first-order valence-corrected chi connectivity index (χ1v) is 20.6. The molecule has 12 nitrogen and oxygen atoms in total. The van der Waals surface area contributed by atoms with Gasteiger partial charge in [-0.05, 0) is 69.1 Å². The highest BCUT2D eigenvalue weighted by Crippen LogP contribution is 2.54. The van der Waals surface area contributed by atoms with Crippen molar-refractivity contribution in [2.45, 2.75) is 194 Å². The van der Waals surface area contributed by atoms with E-state index in [2.05, 4.69) is 25.4 Å². The van der Waals surface area contributed by atoms with Crippen LogP contribution < -0.4 is 5.32 Å². The van der Waals surface area contributed by atoms with Crippen LogP contribution in [0.3, 0.4) is 0 Å². The lowest BCUT2D eigenvalue weighted by Crippen LogP contribution is -2.61. The van der Waals surface area contributed by atoms with Gasteiger partial charge in [-0.15, -0.1) is 0 Å². The highest BCUT2D eigenvalue weighted by molar-refractivity contribution is 5.79. The van der Waals surface area contributed by atoms with Gasteiger partial charge in [-0.3, -0.25) is 4.79 Å². The molecule has 296 valence electrons. The van der Waals surface area contributed by atoms with Crippen LogP contribution in [0.15, 0.2) is 24.3 Å². The molecule has 10 saturated heterocycles. The molecule has 12 heteroatoms. The van der Waals surface area contributed by atoms with Gasteiger partial charge in [0.2, 0.25) is 0 Å². The van der Waals surface area contributed by atoms with Crippen LogP contribution in [0.5, 0.6) is 0 Å². The van der Waals surface area contributed by atoms with E-state index in [1.54, 1.807) is 7.11 Å². The summed E-state index contributed by atoms with van der Waals surface area (Å²) in [4.78, 5) is 14.1. The third kappa shape index (κ3) is 7.04. The topological polar surface area (TPSA) is 132 Å². The molecule has 0 amide bonds. The van der Waals surface area contributed by atoms with Gasteiger partial charge in [0.25, 0.3) is 0 Å². The fourth-order valence-electron chi connectivity index (χ4n) is 11.5. The van der Waals surface area contributed by atoms with Gasteiger partial charge in [0.15, 0.2) is 5.79 Å². The van der Waals surface area contributed by atoms with Crippen LogP contribution in [0.1, 0.15) is 90.4 Å². The summed E-state index contributed by atoms with van der Waals surface area (Å²) in [7, 11) is 3.50. The summed E-state index contributed by atoms with van der Waals surface area (Å²) in [5, 5.41) is 13.8. The van der Waals surface area contributed by atoms with Gasteiger partial charge in [0.05, 0.1) is 67.1 Å². The molecule has 10 rings (SSSR count). The molecular weight excluding hydrogens is 682 g/mol. The third-order valence-corrected chi connectivity index (χ3v) is 14.1. The third-order valence-electron chi connectivity index (χ3n) is 14.1. The van der Waals surface area contributed by atoms with Crippen molar-refractivity contribution in [3.05, 3.63) is 24.3 Å². The molecule has 5 unspecified atom stereocenters. The molecule has 2 N–H and O–H groups in total. The predicted molar refractivity (Wildman–Crippen MR) is 191 cm³/mol. The zero-order chi connectivity index (χ0) is 36.6. The average molecular weight is 744 g/mol. The molecule has 10 aliphatic rings. The molecule has 10 fully saturated rings. The van der Waals surface area contributed by atoms with E-state index >= 15 is 0 Å². The largest absolute Gasteiger partial charge is 0.392 e. The number of aliphatic hydroxyl groups excluding tert-OH is 1. The number of likely N-dealkylation sites (N-methyl/N-ethyl adjacent to an activating group) is 1. The summed E-state index contributed by atoms with van der Waals surface area (Å²) in [6, 6.07) is 0. The number of hydrogen-bond donors (Lipinski definition) is 2. The van der Waals surface area contributed by atoms with Crippen molar-refractivity contribution in [3.8, 4) is 0 Å². The minimum Gasteiger partial charge on any atom is -0.392 e. The summed E-state index contributed by atoms with van der Waals surface area (Å²) in [5.74, 6) is -0.573. The number of hydrogen-bond acceptors (Lipinski definition) is 12. The molecule has 0 aromatic carbocycles. The van der Waals surface area contributed by atoms with Gasteiger partial charge in [-0.2, -0.15) is 0 Å². The number of Topliss-reactive ketones (excluding diaryl/α,β-unsaturated/α-hetero) is 1. The van der Waals surface area contributed by atoms with Crippen LogP contribution in [-0.4, -0.2) is 135 Å². The fourth-order valence-corrected chi connectivity index (χ4v) is 11.5. The number of rotatable bonds is 5. The second kappa shape index (κ2) is 14.9. The second-order valence-electron chi connectivity index (χ2n) is 17.7. The number of nitrogens with one attached hydrogen (secondary N) is 1. The Morgan fingerprint density at radius 2 is 1.57 bits per heavy atom. The molecule has 0 aromatic rings. The van der Waals surface area contributed by atoms with Gasteiger partial charge in [-0.25, -0.2) is 0 Å². The van der Waals surface area contributed by atoms with Gasteiger partial charge in [0, 0.05) is 58.1 Å². The normalized spacial score (nSPS) is 51.6. The second-order valence-corrected chi connectivity index (χ2v) is 17.7. The molecule has 0 radical (unpaired) electrons. The quantitative estimate of drug-likeness (QED) is 0.398. The standard InChI is InChI=1S/C41H61NO11/c1-20-12-25-6-8-29-21(2)13-27(46-29)10-11-41-18-34-37(52-41)38-39(51-34)40(53-41)36-30(50-38)9-7-26(48-36)14-23(43)15-28-32(17-31(47-25)22(20)3)49-33(35(28)45-5)16-24(44)19-42-4/h20,24-40,42,44H,2-3,6-19H2,1,4-5H3/t20-,24+,25+,26?,27+,28+,29?,30+,31?,32+,33-,34+,35-,36?,37-,38?,39-,40+,41+/m1/s1. The molecule has 0 saturated carbocycles. The first-order valence-electron chi connectivity index (χ1n) is 20.6. The number of ether oxygens (including phenoxy) is 9. The summed E-state index contributed by atoms with van der Waals surface area (Å²) < 4.78 is 60.2. The number of carbonyl (C=O) groups excluding carboxylic acids is 1. The summed E-state index contributed by atoms with van der Waals surface area (Å²) >= 11 is 0. The van der Waals surface area contributed by atoms with Crippen LogP contribution in [0.2, 0.25) is 0 Å². The van der Waals surface area contributed by atoms with Crippen molar-refractivity contribution in [1.29, 1.82) is 0 Å². The molecule has 0 aromatic heterocycles. The lowest BCUT2D eigenvalue weighted by atomic mass is 9.81. The Morgan fingerprint density at radius 1 is 0.811 bits per heavy atom. The minimum atomic E-state index is -0.777. The van der Waals surface area contributed by atoms with Gasteiger partial charge < -0.3 is 53.1 Å². The van der Waals surface area contributed by atoms with E-state index in [1.165, 1.54) is 0 Å². The number of carbonyl (C=O) groups is 1. The molecule has 19 atom stereocenters. The highest BCUT2D eigenvalue weighted by Gasteiger charge is 2.68. The smallest absolute Gasteiger partial charge is 0.172 e. The van der Waals surface area contributed by atoms with Gasteiger partial charge in [0.1, 0.15) is 36.3 Å². The zero-order valence-corrected chi connectivity index (χ0v) is 31.7. The maximum atomic E-state index is 14.1. The number of aliphatic hydroxyl groups is 1. The molecule has 12 bridgehead atoms. The van der Waals surface area contributed by atoms with Gasteiger partial charge in [-0.1, -0.05) is 20.1 Å². The van der Waals surface area contributed by atoms with Crippen LogP contribution in [0.25, 0.3) is 0 Å². The van der Waals surface area contributed by atoms with E-state index in [0.29, 0.717) is 45.1 Å². The van der Waals surface area contributed by atoms with E-state index < -0.39 is 11.9 Å². The lowest BCUT2D eigenvalue weighted by molar-refractivity contribution is -0.292. The van der Waals surface area contributed by atoms with Crippen LogP contribution in [0, 0.1) is 11.8 Å². The van der Waals surface area contributed by atoms with Crippen molar-refractivity contribution < 1.29 is 52.5 Å². The maximum Gasteiger partial charge on any atom is 0.172 e. The Labute approximate surface area is 313 Å². The van der Waals surface area contributed by atoms with E-state index in [9.17, 15) is 9.90 Å². The lowest BCUT2D eigenvalue weighted by Gasteiger charge is -2.47. The van der Waals surface area contributed by atoms with Crippen LogP contribution in [0.4, 0.5) is 0 Å². The molecule has 10 heterocycles. The van der Waals surface area contributed by atoms with E-state index in [0.717, 1.165) is 56.1 Å². The Bertz CT molecular complexity index is 1400. The molecule has 0 aliphatic carbocycles. The first kappa shape index (κ1) is 37.3. The predicted octanol–water partition coefficient (Wildman–Crippen LogP) is 3.70. The first-order chi connectivity index (χ1) is 25.6. The van der Waals surface area contributed by atoms with Crippen molar-refractivity contribution in [3.63, 3.8) is 0 Å². The van der Waals surface area contributed by atoms with Crippen LogP contribution in [-0.2, 0) is 47.4 Å². The zero-order valence-electron chi connectivity index (χ0n) is 31.7. The van der Waals surface area contributed by atoms with Crippen molar-refractivity contribution in [2.75, 3.05) is 20.7 Å². The highest BCUT2D eigenvalue weighted by atomic mass is 16.8. The number of methoxy groups -OCH3 is 1. The molecular formula is C41H61NO11. The minimum absolute atomic E-state index is 0.0111. The Balaban J connectivity index is 0.990. The van der Waals surface area contributed by atoms with E-state index in [4.69, 9.17) is 42.6 Å². The fraction of sp³-hybridized carbons (Fsp3) is 0.878. The SMILES string of the molecule is C=C1C[C@@H]2CC[C@@]34C[C@@H]5O[C@@H]6C(O[C@H]7CCC(CC(=O)C[C@@H]8[C@@H](OC)[C@@H](C[C@H](O)CNC)O[C@H]8CC8O[C@@H](CCC1O2)C[C@@H](C)C8=C)OC7[C@@H]6O3)[C@@H]5O4. The Morgan fingerprint density at radius 3 is 2.40 bits per heavy atom. The number of ketones is 1. The Kier molecular flexibility index (Phi) is 10.5. The van der Waals surface area contributed by atoms with Crippen molar-refractivity contribution in [1.82, 2.24) is 5.32 Å². The number of fused-ring (bicyclic) bond motifs is 6. The average Bonchev–Trinajstić information content (AvgIpc) is 3.80. The Hall–Kier alpha value is -1.29. The van der Waals surface area contributed by atoms with E-state index in [1.807, 2.05) is 7.05 Å². The summed E-state index contributed by atoms with van der Waals surface area (Å²) in [6.07, 6.45) is 5.30. The molecule has 1 spiro atoms. The summed E-state index contributed by atoms with van der Waals surface area (Å²) in [6.45, 7) is 11.6.